The predicted molar refractivity (Wildman–Crippen MR) is 146 cm³/mol. The van der Waals surface area contributed by atoms with E-state index in [1.807, 2.05) is 13.8 Å². The first kappa shape index (κ1) is 29.1. The van der Waals surface area contributed by atoms with Crippen molar-refractivity contribution in [2.45, 2.75) is 55.2 Å². The highest BCUT2D eigenvalue weighted by molar-refractivity contribution is 8.02. The second kappa shape index (κ2) is 12.5. The van der Waals surface area contributed by atoms with Crippen LogP contribution in [0, 0.1) is 17.8 Å². The molecule has 0 aromatic rings. The number of aliphatic hydroxyl groups excluding tert-OH is 1. The fourth-order valence-electron chi connectivity index (χ4n) is 6.80. The number of thioether (sulfide) groups is 1. The molecule has 4 saturated heterocycles. The molecule has 0 aliphatic carbocycles. The highest BCUT2D eigenvalue weighted by Gasteiger charge is 2.74. The van der Waals surface area contributed by atoms with Crippen molar-refractivity contribution in [2.24, 2.45) is 17.8 Å². The molecule has 0 aromatic heterocycles. The minimum Gasteiger partial charge on any atom is -0.461 e. The van der Waals surface area contributed by atoms with Gasteiger partial charge in [0.2, 0.25) is 11.8 Å². The smallest absolute Gasteiger partial charge is 0.311 e. The van der Waals surface area contributed by atoms with Crippen molar-refractivity contribution in [3.05, 3.63) is 25.3 Å². The fraction of sp³-hybridized carbons (Fsp3) is 0.750. The summed E-state index contributed by atoms with van der Waals surface area (Å²) < 4.78 is 10.2. The molecule has 0 aromatic carbocycles. The normalized spacial score (nSPS) is 31.4. The summed E-state index contributed by atoms with van der Waals surface area (Å²) in [6, 6.07) is -1.24. The summed E-state index contributed by atoms with van der Waals surface area (Å²) in [5, 5.41) is 10.4. The Labute approximate surface area is 230 Å². The van der Waals surface area contributed by atoms with Crippen LogP contribution in [-0.4, -0.2) is 119 Å². The summed E-state index contributed by atoms with van der Waals surface area (Å²) in [5.41, 5.74) is 0. The summed E-state index contributed by atoms with van der Waals surface area (Å²) in [5.74, 6) is -1.73. The topological polar surface area (TPSA) is 99.6 Å². The SMILES string of the molecule is C=CCOC(=O)[C@@H]1[C@H]2C(=O)N([C@@H](CO)CC(C)C)C(C(=O)N(CC=C)CCN3CCOCC3)C23CC[C@H]1S3. The van der Waals surface area contributed by atoms with E-state index in [0.29, 0.717) is 45.7 Å². The van der Waals surface area contributed by atoms with Crippen molar-refractivity contribution in [2.75, 3.05) is 59.2 Å². The summed E-state index contributed by atoms with van der Waals surface area (Å²) in [6.45, 7) is 16.1. The maximum absolute atomic E-state index is 14.5. The number of carbonyl (C=O) groups excluding carboxylic acids is 3. The second-order valence-corrected chi connectivity index (χ2v) is 12.8. The molecule has 1 N–H and O–H groups in total. The van der Waals surface area contributed by atoms with Crippen LogP contribution >= 0.6 is 11.8 Å². The van der Waals surface area contributed by atoms with Crippen LogP contribution in [0.4, 0.5) is 0 Å². The van der Waals surface area contributed by atoms with Crippen molar-refractivity contribution in [3.63, 3.8) is 0 Å². The molecule has 38 heavy (non-hydrogen) atoms. The minimum atomic E-state index is -0.743. The third-order valence-electron chi connectivity index (χ3n) is 8.39. The van der Waals surface area contributed by atoms with E-state index in [-0.39, 0.29) is 36.2 Å². The van der Waals surface area contributed by atoms with Gasteiger partial charge in [-0.25, -0.2) is 0 Å². The molecule has 212 valence electrons. The highest BCUT2D eigenvalue weighted by Crippen LogP contribution is 2.67. The van der Waals surface area contributed by atoms with Gasteiger partial charge in [0.15, 0.2) is 0 Å². The molecule has 1 spiro atoms. The first-order valence-electron chi connectivity index (χ1n) is 13.9. The molecule has 2 amide bonds. The van der Waals surface area contributed by atoms with Gasteiger partial charge in [-0.05, 0) is 25.2 Å². The van der Waals surface area contributed by atoms with Crippen molar-refractivity contribution in [1.29, 1.82) is 0 Å². The van der Waals surface area contributed by atoms with Crippen LogP contribution < -0.4 is 0 Å². The lowest BCUT2D eigenvalue weighted by atomic mass is 9.71. The standard InChI is InChI=1S/C28H43N3O6S/c1-5-9-30(11-10-29-12-15-36-16-13-29)26(34)24-28-8-7-21(38-28)22(27(35)37-14-6-2)23(28)25(33)31(24)20(18-32)17-19(3)4/h5-6,19-24,32H,1-2,7-18H2,3-4H3/t20-,21-,22+,23+,24?,28?/m1/s1. The number of nitrogens with zero attached hydrogens (tertiary/aromatic N) is 3. The van der Waals surface area contributed by atoms with Crippen molar-refractivity contribution in [1.82, 2.24) is 14.7 Å². The number of fused-ring (bicyclic) bond motifs is 1. The van der Waals surface area contributed by atoms with Crippen LogP contribution in [0.1, 0.15) is 33.1 Å². The molecule has 0 radical (unpaired) electrons. The van der Waals surface area contributed by atoms with Gasteiger partial charge in [-0.3, -0.25) is 19.3 Å². The van der Waals surface area contributed by atoms with Crippen LogP contribution in [0.2, 0.25) is 0 Å². The number of ether oxygens (including phenoxy) is 2. The first-order chi connectivity index (χ1) is 18.3. The maximum atomic E-state index is 14.5. The van der Waals surface area contributed by atoms with Gasteiger partial charge in [-0.1, -0.05) is 32.6 Å². The molecule has 4 aliphatic rings. The van der Waals surface area contributed by atoms with Crippen LogP contribution in [-0.2, 0) is 23.9 Å². The molecule has 9 nitrogen and oxygen atoms in total. The largest absolute Gasteiger partial charge is 0.461 e. The summed E-state index contributed by atoms with van der Waals surface area (Å²) in [4.78, 5) is 47.6. The van der Waals surface area contributed by atoms with Crippen LogP contribution in [0.5, 0.6) is 0 Å². The number of hydrogen-bond donors (Lipinski definition) is 1. The van der Waals surface area contributed by atoms with E-state index in [4.69, 9.17) is 9.47 Å². The van der Waals surface area contributed by atoms with Gasteiger partial charge < -0.3 is 24.4 Å². The third kappa shape index (κ3) is 5.42. The number of hydrogen-bond acceptors (Lipinski definition) is 8. The van der Waals surface area contributed by atoms with Crippen molar-refractivity contribution < 1.29 is 29.0 Å². The van der Waals surface area contributed by atoms with Gasteiger partial charge in [0.25, 0.3) is 0 Å². The Hall–Kier alpha value is -1.88. The molecule has 4 heterocycles. The quantitative estimate of drug-likeness (QED) is 0.273. The molecular weight excluding hydrogens is 506 g/mol. The molecule has 4 fully saturated rings. The Morgan fingerprint density at radius 1 is 1.29 bits per heavy atom. The number of rotatable bonds is 13. The Morgan fingerprint density at radius 3 is 2.66 bits per heavy atom. The number of morpholine rings is 1. The van der Waals surface area contributed by atoms with E-state index in [2.05, 4.69) is 18.1 Å². The minimum absolute atomic E-state index is 0.0578. The maximum Gasteiger partial charge on any atom is 0.311 e. The van der Waals surface area contributed by atoms with Crippen LogP contribution in [0.3, 0.4) is 0 Å². The summed E-state index contributed by atoms with van der Waals surface area (Å²) >= 11 is 1.62. The van der Waals surface area contributed by atoms with E-state index in [1.165, 1.54) is 6.08 Å². The predicted octanol–water partition coefficient (Wildman–Crippen LogP) is 1.56. The molecule has 10 heteroatoms. The fourth-order valence-corrected chi connectivity index (χ4v) is 8.98. The summed E-state index contributed by atoms with van der Waals surface area (Å²) in [7, 11) is 0. The van der Waals surface area contributed by atoms with E-state index < -0.39 is 34.6 Å². The highest BCUT2D eigenvalue weighted by atomic mass is 32.2. The van der Waals surface area contributed by atoms with Gasteiger partial charge in [0.05, 0.1) is 42.4 Å². The first-order valence-corrected chi connectivity index (χ1v) is 14.7. The number of amides is 2. The van der Waals surface area contributed by atoms with E-state index in [1.54, 1.807) is 27.6 Å². The van der Waals surface area contributed by atoms with Gasteiger partial charge in [-0.2, -0.15) is 0 Å². The lowest BCUT2D eigenvalue weighted by molar-refractivity contribution is -0.153. The number of esters is 1. The second-order valence-electron chi connectivity index (χ2n) is 11.2. The average Bonchev–Trinajstić information content (AvgIpc) is 3.55. The zero-order chi connectivity index (χ0) is 27.4. The van der Waals surface area contributed by atoms with Crippen LogP contribution in [0.15, 0.2) is 25.3 Å². The van der Waals surface area contributed by atoms with Gasteiger partial charge in [0.1, 0.15) is 12.6 Å². The lowest BCUT2D eigenvalue weighted by Crippen LogP contribution is -2.58. The van der Waals surface area contributed by atoms with E-state index >= 15 is 0 Å². The van der Waals surface area contributed by atoms with E-state index in [9.17, 15) is 19.5 Å². The molecule has 0 saturated carbocycles. The molecule has 6 atom stereocenters. The Balaban J connectivity index is 1.67. The monoisotopic (exact) mass is 549 g/mol. The molecule has 2 bridgehead atoms. The van der Waals surface area contributed by atoms with Crippen LogP contribution in [0.25, 0.3) is 0 Å². The zero-order valence-corrected chi connectivity index (χ0v) is 23.6. The molecule has 4 aliphatic heterocycles. The van der Waals surface area contributed by atoms with E-state index in [0.717, 1.165) is 19.5 Å². The molecule has 4 rings (SSSR count). The summed E-state index contributed by atoms with van der Waals surface area (Å²) in [6.07, 6.45) is 5.25. The van der Waals surface area contributed by atoms with Gasteiger partial charge >= 0.3 is 5.97 Å². The third-order valence-corrected chi connectivity index (χ3v) is 10.3. The Bertz CT molecular complexity index is 909. The van der Waals surface area contributed by atoms with Crippen molar-refractivity contribution >= 4 is 29.5 Å². The molecule has 2 unspecified atom stereocenters. The Morgan fingerprint density at radius 2 is 2.03 bits per heavy atom. The molecular formula is C28H43N3O6S. The number of carbonyl (C=O) groups is 3. The number of likely N-dealkylation sites (tertiary alicyclic amines) is 1. The average molecular weight is 550 g/mol. The van der Waals surface area contributed by atoms with Gasteiger partial charge in [-0.15, -0.1) is 18.3 Å². The van der Waals surface area contributed by atoms with Crippen molar-refractivity contribution in [3.8, 4) is 0 Å². The zero-order valence-electron chi connectivity index (χ0n) is 22.8. The lowest BCUT2D eigenvalue weighted by Gasteiger charge is -2.40. The van der Waals surface area contributed by atoms with Gasteiger partial charge in [0, 0.05) is 38.0 Å². The Kier molecular flexibility index (Phi) is 9.60. The number of aliphatic hydroxyl groups is 1.